The van der Waals surface area contributed by atoms with Crippen molar-refractivity contribution in [2.75, 3.05) is 46.2 Å². The first-order valence-electron chi connectivity index (χ1n) is 19.6. The van der Waals surface area contributed by atoms with Crippen LogP contribution >= 0.6 is 0 Å². The predicted molar refractivity (Wildman–Crippen MR) is 209 cm³/mol. The molecule has 53 heavy (non-hydrogen) atoms. The van der Waals surface area contributed by atoms with Crippen LogP contribution in [0.4, 0.5) is 5.69 Å². The summed E-state index contributed by atoms with van der Waals surface area (Å²) in [4.78, 5) is 36.4. The zero-order valence-electron chi connectivity index (χ0n) is 33.6. The highest BCUT2D eigenvalue weighted by atomic mass is 16.7. The number of hydrogen-bond acceptors (Lipinski definition) is 9. The molecule has 1 saturated heterocycles. The van der Waals surface area contributed by atoms with Crippen LogP contribution in [0.15, 0.2) is 36.4 Å². The number of hydrogen-bond donors (Lipinski definition) is 5. The number of methoxy groups -OCH3 is 1. The van der Waals surface area contributed by atoms with Gasteiger partial charge in [-0.2, -0.15) is 5.06 Å². The number of hydroxylamine groups is 2. The normalized spacial score (nSPS) is 27.6. The van der Waals surface area contributed by atoms with Crippen LogP contribution in [0.3, 0.4) is 0 Å². The van der Waals surface area contributed by atoms with E-state index in [1.807, 2.05) is 57.4 Å². The maximum absolute atomic E-state index is 14.3. The predicted octanol–water partition coefficient (Wildman–Crippen LogP) is 5.16. The summed E-state index contributed by atoms with van der Waals surface area (Å²) in [5.41, 5.74) is 4.01. The Morgan fingerprint density at radius 3 is 2.45 bits per heavy atom. The van der Waals surface area contributed by atoms with Crippen LogP contribution in [0, 0.1) is 35.0 Å². The zero-order valence-corrected chi connectivity index (χ0v) is 33.6. The van der Waals surface area contributed by atoms with Crippen molar-refractivity contribution >= 4 is 17.5 Å². The molecule has 0 radical (unpaired) electrons. The second kappa shape index (κ2) is 17.1. The summed E-state index contributed by atoms with van der Waals surface area (Å²) in [6.07, 6.45) is 1.36. The Morgan fingerprint density at radius 1 is 1.13 bits per heavy atom. The topological polar surface area (TPSA) is 136 Å². The summed E-state index contributed by atoms with van der Waals surface area (Å²) >= 11 is 0. The number of carbonyl (C=O) groups is 2. The summed E-state index contributed by atoms with van der Waals surface area (Å²) in [6, 6.07) is 10.8. The van der Waals surface area contributed by atoms with Gasteiger partial charge in [-0.1, -0.05) is 52.8 Å². The van der Waals surface area contributed by atoms with Gasteiger partial charge in [-0.25, -0.2) is 0 Å². The van der Waals surface area contributed by atoms with Gasteiger partial charge in [-0.15, -0.1) is 0 Å². The number of nitrogens with zero attached hydrogens (tertiary/aromatic N) is 2. The number of carbonyl (C=O) groups excluding carboxylic acids is 2. The minimum absolute atomic E-state index is 0.000664. The van der Waals surface area contributed by atoms with E-state index in [9.17, 15) is 19.8 Å². The molecule has 4 aliphatic rings. The Labute approximate surface area is 317 Å². The second-order valence-electron chi connectivity index (χ2n) is 17.1. The Hall–Kier alpha value is -3.22. The molecule has 3 saturated carbocycles. The van der Waals surface area contributed by atoms with Crippen LogP contribution in [-0.4, -0.2) is 103 Å². The van der Waals surface area contributed by atoms with Gasteiger partial charge in [0, 0.05) is 53.5 Å². The lowest BCUT2D eigenvalue weighted by Crippen LogP contribution is -2.62. The van der Waals surface area contributed by atoms with E-state index < -0.39 is 24.2 Å². The van der Waals surface area contributed by atoms with Crippen molar-refractivity contribution in [1.82, 2.24) is 20.6 Å². The minimum Gasteiger partial charge on any atom is -0.496 e. The third-order valence-electron chi connectivity index (χ3n) is 12.3. The number of fused-ring (bicyclic) bond motifs is 2. The molecule has 0 spiro atoms. The molecule has 4 fully saturated rings. The lowest BCUT2D eigenvalue weighted by atomic mass is 9.45. The number of anilines is 1. The number of amides is 2. The average molecular weight is 736 g/mol. The van der Waals surface area contributed by atoms with Gasteiger partial charge in [0.2, 0.25) is 5.91 Å². The number of para-hydroxylation sites is 1. The van der Waals surface area contributed by atoms with Gasteiger partial charge in [0.15, 0.2) is 0 Å². The summed E-state index contributed by atoms with van der Waals surface area (Å²) in [6.45, 7) is 16.2. The van der Waals surface area contributed by atoms with Gasteiger partial charge < -0.3 is 35.8 Å². The largest absolute Gasteiger partial charge is 0.496 e. The summed E-state index contributed by atoms with van der Waals surface area (Å²) in [5, 5.41) is 32.9. The molecule has 0 aromatic heterocycles. The monoisotopic (exact) mass is 735 g/mol. The van der Waals surface area contributed by atoms with Crippen LogP contribution in [0.25, 0.3) is 11.1 Å². The smallest absolute Gasteiger partial charge is 0.251 e. The van der Waals surface area contributed by atoms with Crippen molar-refractivity contribution in [3.05, 3.63) is 47.5 Å². The second-order valence-corrected chi connectivity index (χ2v) is 17.1. The van der Waals surface area contributed by atoms with Crippen molar-refractivity contribution in [1.29, 1.82) is 0 Å². The van der Waals surface area contributed by atoms with E-state index in [1.165, 1.54) is 6.42 Å². The number of nitrogens with one attached hydrogen (secondary N) is 3. The van der Waals surface area contributed by atoms with Crippen LogP contribution < -0.4 is 20.7 Å². The third kappa shape index (κ3) is 8.86. The summed E-state index contributed by atoms with van der Waals surface area (Å²) in [5.74, 6) is 1.52. The molecule has 0 unspecified atom stereocenters. The van der Waals surface area contributed by atoms with E-state index in [2.05, 4.69) is 55.5 Å². The fraction of sp³-hybridized carbons (Fsp3) is 0.667. The molecule has 6 rings (SSSR count). The van der Waals surface area contributed by atoms with E-state index in [1.54, 1.807) is 19.1 Å². The van der Waals surface area contributed by atoms with Crippen molar-refractivity contribution < 1.29 is 29.4 Å². The molecule has 5 N–H and O–H groups in total. The van der Waals surface area contributed by atoms with Gasteiger partial charge in [0.1, 0.15) is 17.9 Å². The number of aliphatic hydroxyl groups excluding tert-OH is 2. The lowest BCUT2D eigenvalue weighted by Gasteiger charge is -2.62. The van der Waals surface area contributed by atoms with Gasteiger partial charge in [0.25, 0.3) is 5.91 Å². The fourth-order valence-electron chi connectivity index (χ4n) is 9.51. The first-order valence-corrected chi connectivity index (χ1v) is 19.6. The molecule has 11 nitrogen and oxygen atoms in total. The number of benzene rings is 2. The highest BCUT2D eigenvalue weighted by molar-refractivity contribution is 5.97. The molecule has 2 aromatic carbocycles. The van der Waals surface area contributed by atoms with Crippen molar-refractivity contribution in [3.8, 4) is 16.9 Å². The van der Waals surface area contributed by atoms with E-state index >= 15 is 0 Å². The van der Waals surface area contributed by atoms with Crippen LogP contribution in [-0.2, 0) is 16.2 Å². The number of aliphatic hydroxyl groups is 2. The lowest BCUT2D eigenvalue weighted by molar-refractivity contribution is -0.183. The highest BCUT2D eigenvalue weighted by Gasteiger charge is 2.57. The highest BCUT2D eigenvalue weighted by Crippen LogP contribution is 2.61. The van der Waals surface area contributed by atoms with Crippen molar-refractivity contribution in [2.24, 2.45) is 35.0 Å². The molecule has 2 amide bonds. The standard InChI is InChI=1S/C42H65N5O6/c1-11-43-31-17-28(16-29(18-31)40(50)44-32(15-24(2)3)22-46(8)9)33-14-12-13-27(39(33)52-10)21-47-38(37(26(5)49)36(23-48)53-47)41(51)45-35-20-30-19-34(25(35)4)42(30,6)7/h12-14,16-18,24-26,30,32,34-38,43,48-49H,11,15,19-23H2,1-10H3,(H,44,50)(H,45,51)/t25-,26-,30-,32-,34+,35-,36-,37+,38-/m0/s1. The maximum Gasteiger partial charge on any atom is 0.251 e. The molecule has 3 aliphatic carbocycles. The molecule has 2 aromatic rings. The molecule has 2 bridgehead atoms. The molecule has 294 valence electrons. The van der Waals surface area contributed by atoms with Gasteiger partial charge in [-0.3, -0.25) is 14.4 Å². The third-order valence-corrected chi connectivity index (χ3v) is 12.3. The maximum atomic E-state index is 14.3. The summed E-state index contributed by atoms with van der Waals surface area (Å²) < 4.78 is 6.08. The van der Waals surface area contributed by atoms with Crippen molar-refractivity contribution in [3.63, 3.8) is 0 Å². The van der Waals surface area contributed by atoms with Crippen LogP contribution in [0.2, 0.25) is 0 Å². The van der Waals surface area contributed by atoms with Crippen LogP contribution in [0.1, 0.15) is 83.7 Å². The molecular formula is C42H65N5O6. The van der Waals surface area contributed by atoms with Gasteiger partial charge in [0.05, 0.1) is 26.4 Å². The Bertz CT molecular complexity index is 1570. The first-order chi connectivity index (χ1) is 25.1. The minimum atomic E-state index is -0.895. The Morgan fingerprint density at radius 2 is 1.87 bits per heavy atom. The van der Waals surface area contributed by atoms with Gasteiger partial charge in [-0.05, 0) is 100 Å². The molecule has 1 heterocycles. The fourth-order valence-corrected chi connectivity index (χ4v) is 9.51. The molecular weight excluding hydrogens is 670 g/mol. The number of rotatable bonds is 16. The molecule has 1 aliphatic heterocycles. The van der Waals surface area contributed by atoms with E-state index in [-0.39, 0.29) is 42.5 Å². The SMILES string of the molecule is CCNc1cc(C(=O)N[C@@H](CC(C)C)CN(C)C)cc(-c2cccc(CN3O[C@@H](CO)[C@@H]([C@H](C)O)[C@H]3C(=O)N[C@H]3C[C@@H]4C[C@H]([C@@H]3C)C4(C)C)c2OC)c1. The summed E-state index contributed by atoms with van der Waals surface area (Å²) in [7, 11) is 5.64. The van der Waals surface area contributed by atoms with Gasteiger partial charge >= 0.3 is 0 Å². The Balaban J connectivity index is 1.44. The quantitative estimate of drug-likeness (QED) is 0.159. The average Bonchev–Trinajstić information content (AvgIpc) is 3.46. The molecule has 9 atom stereocenters. The number of likely N-dealkylation sites (N-methyl/N-ethyl adjacent to an activating group) is 1. The van der Waals surface area contributed by atoms with E-state index in [0.717, 1.165) is 41.8 Å². The van der Waals surface area contributed by atoms with Crippen molar-refractivity contribution in [2.45, 2.75) is 105 Å². The Kier molecular flexibility index (Phi) is 13.2. The first kappa shape index (κ1) is 41.0. The zero-order chi connectivity index (χ0) is 38.8. The van der Waals surface area contributed by atoms with E-state index in [0.29, 0.717) is 41.5 Å². The van der Waals surface area contributed by atoms with E-state index in [4.69, 9.17) is 9.57 Å². The molecule has 11 heteroatoms. The van der Waals surface area contributed by atoms with Crippen LogP contribution in [0.5, 0.6) is 5.75 Å². The number of ether oxygens (including phenoxy) is 1.